The zero-order valence-electron chi connectivity index (χ0n) is 23.5. The number of aromatic amines is 1. The Morgan fingerprint density at radius 1 is 1.07 bits per heavy atom. The number of hydrogen-bond acceptors (Lipinski definition) is 6. The molecule has 0 radical (unpaired) electrons. The molecular formula is C30H36ClN5O4. The highest BCUT2D eigenvalue weighted by Gasteiger charge is 2.32. The highest BCUT2D eigenvalue weighted by Crippen LogP contribution is 2.42. The summed E-state index contributed by atoms with van der Waals surface area (Å²) in [6.07, 6.45) is 1.08. The van der Waals surface area contributed by atoms with E-state index in [4.69, 9.17) is 26.8 Å². The first kappa shape index (κ1) is 29.0. The van der Waals surface area contributed by atoms with Crippen molar-refractivity contribution in [2.24, 2.45) is 0 Å². The molecule has 0 spiro atoms. The van der Waals surface area contributed by atoms with Gasteiger partial charge >= 0.3 is 6.09 Å². The zero-order chi connectivity index (χ0) is 29.0. The molecule has 1 unspecified atom stereocenters. The Hall–Kier alpha value is -3.98. The third-order valence-corrected chi connectivity index (χ3v) is 6.80. The summed E-state index contributed by atoms with van der Waals surface area (Å²) in [6.45, 7) is 10.4. The number of nitrogen functional groups attached to an aromatic ring is 1. The van der Waals surface area contributed by atoms with Gasteiger partial charge in [0, 0.05) is 18.7 Å². The monoisotopic (exact) mass is 565 g/mol. The van der Waals surface area contributed by atoms with E-state index in [1.54, 1.807) is 9.47 Å². The number of fused-ring (bicyclic) bond motifs is 1. The maximum atomic E-state index is 13.1. The van der Waals surface area contributed by atoms with Crippen molar-refractivity contribution in [1.29, 1.82) is 0 Å². The minimum atomic E-state index is -0.608. The number of nitrogens with two attached hydrogens (primary N) is 1. The first-order chi connectivity index (χ1) is 19.1. The minimum absolute atomic E-state index is 0.166. The quantitative estimate of drug-likeness (QED) is 0.275. The Morgan fingerprint density at radius 2 is 1.73 bits per heavy atom. The maximum absolute atomic E-state index is 13.1. The summed E-state index contributed by atoms with van der Waals surface area (Å²) >= 11 is 7.03. The third-order valence-electron chi connectivity index (χ3n) is 6.43. The molecule has 3 N–H and O–H groups in total. The van der Waals surface area contributed by atoms with Gasteiger partial charge in [-0.05, 0) is 63.4 Å². The number of carbonyl (C=O) groups excluding carboxylic acids is 1. The molecule has 9 nitrogen and oxygen atoms in total. The van der Waals surface area contributed by atoms with Crippen LogP contribution in [0.15, 0.2) is 59.4 Å². The molecule has 40 heavy (non-hydrogen) atoms. The fourth-order valence-electron chi connectivity index (χ4n) is 4.83. The number of rotatable bonds is 4. The van der Waals surface area contributed by atoms with Crippen LogP contribution in [-0.4, -0.2) is 44.4 Å². The second-order valence-corrected chi connectivity index (χ2v) is 10.7. The first-order valence-electron chi connectivity index (χ1n) is 13.5. The van der Waals surface area contributed by atoms with E-state index >= 15 is 0 Å². The summed E-state index contributed by atoms with van der Waals surface area (Å²) in [7, 11) is 0. The number of piperidine rings is 1. The van der Waals surface area contributed by atoms with Gasteiger partial charge in [0.15, 0.2) is 5.82 Å². The van der Waals surface area contributed by atoms with Gasteiger partial charge in [-0.1, -0.05) is 55.8 Å². The van der Waals surface area contributed by atoms with Gasteiger partial charge in [0.05, 0.1) is 11.4 Å². The topological polar surface area (TPSA) is 115 Å². The second kappa shape index (κ2) is 12.0. The van der Waals surface area contributed by atoms with Gasteiger partial charge in [0.25, 0.3) is 5.56 Å². The Balaban J connectivity index is 0.00000181. The molecule has 1 aliphatic heterocycles. The zero-order valence-corrected chi connectivity index (χ0v) is 24.3. The number of likely N-dealkylation sites (tertiary alicyclic amines) is 1. The lowest BCUT2D eigenvalue weighted by molar-refractivity contribution is 0.0174. The van der Waals surface area contributed by atoms with Gasteiger partial charge in [-0.15, -0.1) is 0 Å². The molecule has 1 atom stereocenters. The number of ether oxygens (including phenoxy) is 2. The molecule has 3 heterocycles. The van der Waals surface area contributed by atoms with Crippen LogP contribution in [0, 0.1) is 0 Å². The van der Waals surface area contributed by atoms with E-state index in [0.717, 1.165) is 24.2 Å². The lowest BCUT2D eigenvalue weighted by Gasteiger charge is -2.35. The fraction of sp³-hybridized carbons (Fsp3) is 0.367. The molecule has 0 bridgehead atoms. The highest BCUT2D eigenvalue weighted by atomic mass is 35.5. The number of carbonyl (C=O) groups is 1. The van der Waals surface area contributed by atoms with Crippen molar-refractivity contribution in [2.45, 2.75) is 59.1 Å². The lowest BCUT2D eigenvalue weighted by atomic mass is 10.1. The number of nitrogens with zero attached hydrogens (tertiary/aromatic N) is 3. The van der Waals surface area contributed by atoms with Crippen LogP contribution >= 0.6 is 11.6 Å². The van der Waals surface area contributed by atoms with Crippen molar-refractivity contribution in [2.75, 3.05) is 18.8 Å². The summed E-state index contributed by atoms with van der Waals surface area (Å²) < 4.78 is 13.3. The number of benzene rings is 2. The van der Waals surface area contributed by atoms with Gasteiger partial charge in [0.2, 0.25) is 0 Å². The predicted molar refractivity (Wildman–Crippen MR) is 159 cm³/mol. The average molecular weight is 566 g/mol. The molecule has 1 fully saturated rings. The van der Waals surface area contributed by atoms with E-state index in [1.165, 1.54) is 0 Å². The smallest absolute Gasteiger partial charge is 0.410 e. The van der Waals surface area contributed by atoms with Gasteiger partial charge in [0.1, 0.15) is 27.8 Å². The SMILES string of the molecule is CC.CC(C)(C)OC(=O)N1CCCC(n2c(Cl)c(-c3ccc(Oc4ccccc4)cc3)c3c(N)n[nH]c(=O)c32)C1. The van der Waals surface area contributed by atoms with Crippen molar-refractivity contribution in [3.05, 3.63) is 70.1 Å². The largest absolute Gasteiger partial charge is 0.457 e. The maximum Gasteiger partial charge on any atom is 0.410 e. The van der Waals surface area contributed by atoms with E-state index in [-0.39, 0.29) is 18.0 Å². The molecular weight excluding hydrogens is 530 g/mol. The van der Waals surface area contributed by atoms with E-state index in [1.807, 2.05) is 89.2 Å². The van der Waals surface area contributed by atoms with Gasteiger partial charge in [-0.25, -0.2) is 9.89 Å². The molecule has 2 aromatic heterocycles. The van der Waals surface area contributed by atoms with Crippen molar-refractivity contribution < 1.29 is 14.3 Å². The summed E-state index contributed by atoms with van der Waals surface area (Å²) in [5.41, 5.74) is 6.98. The minimum Gasteiger partial charge on any atom is -0.457 e. The molecule has 2 aromatic carbocycles. The molecule has 5 rings (SSSR count). The molecule has 10 heteroatoms. The number of aromatic nitrogens is 3. The molecule has 4 aromatic rings. The Morgan fingerprint density at radius 3 is 2.38 bits per heavy atom. The van der Waals surface area contributed by atoms with Crippen molar-refractivity contribution in [3.8, 4) is 22.6 Å². The second-order valence-electron chi connectivity index (χ2n) is 10.4. The van der Waals surface area contributed by atoms with Crippen LogP contribution in [0.4, 0.5) is 10.6 Å². The summed E-state index contributed by atoms with van der Waals surface area (Å²) in [6, 6.07) is 16.7. The van der Waals surface area contributed by atoms with Crippen LogP contribution in [0.5, 0.6) is 11.5 Å². The van der Waals surface area contributed by atoms with E-state index in [9.17, 15) is 9.59 Å². The number of hydrogen-bond donors (Lipinski definition) is 2. The van der Waals surface area contributed by atoms with Gasteiger partial charge in [-0.2, -0.15) is 5.10 Å². The van der Waals surface area contributed by atoms with Crippen LogP contribution in [0.3, 0.4) is 0 Å². The van der Waals surface area contributed by atoms with Gasteiger partial charge < -0.3 is 24.7 Å². The van der Waals surface area contributed by atoms with E-state index < -0.39 is 11.2 Å². The first-order valence-corrected chi connectivity index (χ1v) is 13.9. The highest BCUT2D eigenvalue weighted by molar-refractivity contribution is 6.35. The van der Waals surface area contributed by atoms with E-state index in [2.05, 4.69) is 10.2 Å². The molecule has 1 amide bonds. The number of anilines is 1. The Bertz CT molecular complexity index is 1520. The number of halogens is 1. The van der Waals surface area contributed by atoms with Crippen LogP contribution in [0.25, 0.3) is 22.0 Å². The molecule has 0 saturated carbocycles. The Kier molecular flexibility index (Phi) is 8.73. The van der Waals surface area contributed by atoms with E-state index in [0.29, 0.717) is 40.5 Å². The molecule has 212 valence electrons. The number of amides is 1. The molecule has 1 aliphatic rings. The average Bonchev–Trinajstić information content (AvgIpc) is 3.26. The van der Waals surface area contributed by atoms with Crippen LogP contribution < -0.4 is 16.0 Å². The summed E-state index contributed by atoms with van der Waals surface area (Å²) in [5.74, 6) is 1.55. The van der Waals surface area contributed by atoms with Crippen LogP contribution in [0.1, 0.15) is 53.5 Å². The number of nitrogens with one attached hydrogen (secondary N) is 1. The molecule has 0 aliphatic carbocycles. The Labute approximate surface area is 238 Å². The summed E-state index contributed by atoms with van der Waals surface area (Å²) in [5, 5.41) is 7.32. The fourth-order valence-corrected chi connectivity index (χ4v) is 5.26. The molecule has 1 saturated heterocycles. The summed E-state index contributed by atoms with van der Waals surface area (Å²) in [4.78, 5) is 27.5. The number of H-pyrrole nitrogens is 1. The van der Waals surface area contributed by atoms with Crippen molar-refractivity contribution >= 4 is 34.4 Å². The number of para-hydroxylation sites is 1. The lowest BCUT2D eigenvalue weighted by Crippen LogP contribution is -2.43. The predicted octanol–water partition coefficient (Wildman–Crippen LogP) is 7.02. The van der Waals surface area contributed by atoms with Gasteiger partial charge in [-0.3, -0.25) is 4.79 Å². The standard InChI is InChI=1S/C28H30ClN5O4.C2H6/c1-28(2,3)38-27(36)33-15-7-8-18(16-33)34-23-22(25(30)31-32-26(23)35)21(24(34)29)17-11-13-20(14-12-17)37-19-9-5-4-6-10-19;1-2/h4-6,9-14,18H,7-8,15-16H2,1-3H3,(H2,30,31)(H,32,35);1-2H3. The van der Waals surface area contributed by atoms with Crippen molar-refractivity contribution in [1.82, 2.24) is 19.7 Å². The normalized spacial score (nSPS) is 15.3. The van der Waals surface area contributed by atoms with Crippen LogP contribution in [-0.2, 0) is 4.74 Å². The third kappa shape index (κ3) is 6.09. The van der Waals surface area contributed by atoms with Crippen molar-refractivity contribution in [3.63, 3.8) is 0 Å². The van der Waals surface area contributed by atoms with Crippen LogP contribution in [0.2, 0.25) is 5.15 Å².